The standard InChI is InChI=1S/C27H30N2O6/c30-25(29-11-12-34-18(15-29)13-26(31)32)14-24(17-9-10-17)28-27(33)35-16-23-21-7-3-1-5-19(21)20-6-2-4-8-22(20)23/h1-8,17-18,23-24H,9-16H2,(H,28,33)(H,31,32). The summed E-state index contributed by atoms with van der Waals surface area (Å²) in [7, 11) is 0. The van der Waals surface area contributed by atoms with Crippen molar-refractivity contribution in [1.82, 2.24) is 10.2 Å². The fraction of sp³-hybridized carbons (Fsp3) is 0.444. The smallest absolute Gasteiger partial charge is 0.407 e. The minimum atomic E-state index is -0.947. The van der Waals surface area contributed by atoms with E-state index < -0.39 is 18.2 Å². The predicted molar refractivity (Wildman–Crippen MR) is 128 cm³/mol. The molecule has 0 aromatic heterocycles. The number of aliphatic carboxylic acids is 1. The molecule has 8 heteroatoms. The molecule has 35 heavy (non-hydrogen) atoms. The Balaban J connectivity index is 1.18. The first-order valence-electron chi connectivity index (χ1n) is 12.2. The molecule has 0 bridgehead atoms. The lowest BCUT2D eigenvalue weighted by Crippen LogP contribution is -2.49. The summed E-state index contributed by atoms with van der Waals surface area (Å²) in [6, 6.07) is 16.1. The number of carboxylic acid groups (broad SMARTS) is 1. The van der Waals surface area contributed by atoms with Crippen molar-refractivity contribution in [3.05, 3.63) is 59.7 Å². The Kier molecular flexibility index (Phi) is 6.72. The van der Waals surface area contributed by atoms with Crippen molar-refractivity contribution < 1.29 is 29.0 Å². The van der Waals surface area contributed by atoms with E-state index in [1.54, 1.807) is 4.90 Å². The van der Waals surface area contributed by atoms with Gasteiger partial charge in [0.05, 0.1) is 19.1 Å². The maximum absolute atomic E-state index is 12.9. The summed E-state index contributed by atoms with van der Waals surface area (Å²) < 4.78 is 11.1. The summed E-state index contributed by atoms with van der Waals surface area (Å²) in [6.07, 6.45) is 0.961. The Hall–Kier alpha value is -3.39. The molecule has 1 heterocycles. The second kappa shape index (κ2) is 10.1. The largest absolute Gasteiger partial charge is 0.481 e. The maximum Gasteiger partial charge on any atom is 0.407 e. The van der Waals surface area contributed by atoms with Crippen LogP contribution in [0, 0.1) is 5.92 Å². The van der Waals surface area contributed by atoms with Crippen molar-refractivity contribution in [2.45, 2.75) is 43.7 Å². The Morgan fingerprint density at radius 1 is 1.06 bits per heavy atom. The highest BCUT2D eigenvalue weighted by Gasteiger charge is 2.37. The zero-order valence-corrected chi connectivity index (χ0v) is 19.5. The highest BCUT2D eigenvalue weighted by atomic mass is 16.5. The number of alkyl carbamates (subject to hydrolysis) is 1. The van der Waals surface area contributed by atoms with Gasteiger partial charge in [-0.15, -0.1) is 0 Å². The quantitative estimate of drug-likeness (QED) is 0.603. The molecule has 2 aliphatic carbocycles. The number of fused-ring (bicyclic) bond motifs is 3. The maximum atomic E-state index is 12.9. The van der Waals surface area contributed by atoms with E-state index in [4.69, 9.17) is 14.6 Å². The number of hydrogen-bond acceptors (Lipinski definition) is 5. The summed E-state index contributed by atoms with van der Waals surface area (Å²) in [6.45, 7) is 1.23. The van der Waals surface area contributed by atoms with E-state index in [0.717, 1.165) is 24.0 Å². The van der Waals surface area contributed by atoms with E-state index in [0.29, 0.717) is 13.2 Å². The average molecular weight is 479 g/mol. The lowest BCUT2D eigenvalue weighted by Gasteiger charge is -2.33. The van der Waals surface area contributed by atoms with Crippen LogP contribution < -0.4 is 5.32 Å². The Bertz CT molecular complexity index is 1070. The summed E-state index contributed by atoms with van der Waals surface area (Å²) in [5.74, 6) is -0.805. The summed E-state index contributed by atoms with van der Waals surface area (Å²) in [5.41, 5.74) is 4.65. The highest BCUT2D eigenvalue weighted by molar-refractivity contribution is 5.80. The van der Waals surface area contributed by atoms with E-state index in [2.05, 4.69) is 29.6 Å². The monoisotopic (exact) mass is 478 g/mol. The van der Waals surface area contributed by atoms with Gasteiger partial charge in [0.2, 0.25) is 5.91 Å². The van der Waals surface area contributed by atoms with Gasteiger partial charge in [0.15, 0.2) is 0 Å². The zero-order chi connectivity index (χ0) is 24.4. The van der Waals surface area contributed by atoms with Crippen LogP contribution in [0.3, 0.4) is 0 Å². The molecule has 2 N–H and O–H groups in total. The van der Waals surface area contributed by atoms with Crippen LogP contribution >= 0.6 is 0 Å². The van der Waals surface area contributed by atoms with Crippen LogP contribution in [0.15, 0.2) is 48.5 Å². The van der Waals surface area contributed by atoms with Crippen LogP contribution in [-0.2, 0) is 19.1 Å². The Morgan fingerprint density at radius 2 is 1.71 bits per heavy atom. The number of morpholine rings is 1. The molecule has 1 saturated heterocycles. The number of hydrogen-bond donors (Lipinski definition) is 2. The Morgan fingerprint density at radius 3 is 2.34 bits per heavy atom. The minimum Gasteiger partial charge on any atom is -0.481 e. The number of carbonyl (C=O) groups excluding carboxylic acids is 2. The van der Waals surface area contributed by atoms with Crippen molar-refractivity contribution in [1.29, 1.82) is 0 Å². The highest BCUT2D eigenvalue weighted by Crippen LogP contribution is 2.44. The van der Waals surface area contributed by atoms with Gasteiger partial charge in [-0.1, -0.05) is 48.5 Å². The molecule has 3 aliphatic rings. The molecule has 2 unspecified atom stereocenters. The topological polar surface area (TPSA) is 105 Å². The molecular weight excluding hydrogens is 448 g/mol. The van der Waals surface area contributed by atoms with Crippen LogP contribution in [0.4, 0.5) is 4.79 Å². The molecule has 2 atom stereocenters. The number of nitrogens with zero attached hydrogens (tertiary/aromatic N) is 1. The first kappa shape index (κ1) is 23.4. The van der Waals surface area contributed by atoms with Gasteiger partial charge in [0, 0.05) is 31.5 Å². The molecule has 2 fully saturated rings. The number of ether oxygens (including phenoxy) is 2. The summed E-state index contributed by atoms with van der Waals surface area (Å²) >= 11 is 0. The first-order valence-corrected chi connectivity index (χ1v) is 12.2. The van der Waals surface area contributed by atoms with E-state index in [9.17, 15) is 14.4 Å². The van der Waals surface area contributed by atoms with E-state index >= 15 is 0 Å². The normalized spacial score (nSPS) is 20.0. The zero-order valence-electron chi connectivity index (χ0n) is 19.5. The number of amides is 2. The van der Waals surface area contributed by atoms with Gasteiger partial charge in [0.1, 0.15) is 6.61 Å². The molecule has 2 amide bonds. The molecular formula is C27H30N2O6. The van der Waals surface area contributed by atoms with Crippen molar-refractivity contribution in [2.75, 3.05) is 26.3 Å². The van der Waals surface area contributed by atoms with Crippen LogP contribution in [0.5, 0.6) is 0 Å². The van der Waals surface area contributed by atoms with Gasteiger partial charge >= 0.3 is 12.1 Å². The molecule has 8 nitrogen and oxygen atoms in total. The third kappa shape index (κ3) is 5.32. The van der Waals surface area contributed by atoms with Crippen molar-refractivity contribution in [3.8, 4) is 11.1 Å². The lowest BCUT2D eigenvalue weighted by atomic mass is 9.98. The average Bonchev–Trinajstić information content (AvgIpc) is 3.65. The number of carbonyl (C=O) groups is 3. The van der Waals surface area contributed by atoms with Crippen molar-refractivity contribution >= 4 is 18.0 Å². The molecule has 2 aromatic rings. The second-order valence-corrected chi connectivity index (χ2v) is 9.55. The van der Waals surface area contributed by atoms with Crippen LogP contribution in [0.2, 0.25) is 0 Å². The van der Waals surface area contributed by atoms with Crippen molar-refractivity contribution in [2.24, 2.45) is 5.92 Å². The summed E-state index contributed by atoms with van der Waals surface area (Å²) in [4.78, 5) is 38.3. The molecule has 2 aromatic carbocycles. The Labute approximate surface area is 204 Å². The van der Waals surface area contributed by atoms with Gasteiger partial charge in [-0.2, -0.15) is 0 Å². The molecule has 5 rings (SSSR count). The van der Waals surface area contributed by atoms with Gasteiger partial charge in [-0.3, -0.25) is 9.59 Å². The second-order valence-electron chi connectivity index (χ2n) is 9.55. The number of benzene rings is 2. The van der Waals surface area contributed by atoms with Crippen LogP contribution in [0.1, 0.15) is 42.7 Å². The van der Waals surface area contributed by atoms with Gasteiger partial charge < -0.3 is 24.8 Å². The number of rotatable bonds is 8. The fourth-order valence-corrected chi connectivity index (χ4v) is 5.21. The molecule has 0 radical (unpaired) electrons. The number of carboxylic acids is 1. The predicted octanol–water partition coefficient (Wildman–Crippen LogP) is 3.40. The van der Waals surface area contributed by atoms with E-state index in [1.165, 1.54) is 11.1 Å². The van der Waals surface area contributed by atoms with Crippen molar-refractivity contribution in [3.63, 3.8) is 0 Å². The fourth-order valence-electron chi connectivity index (χ4n) is 5.21. The molecule has 1 saturated carbocycles. The van der Waals surface area contributed by atoms with Gasteiger partial charge in [-0.25, -0.2) is 4.79 Å². The molecule has 0 spiro atoms. The molecule has 1 aliphatic heterocycles. The molecule has 184 valence electrons. The van der Waals surface area contributed by atoms with E-state index in [1.807, 2.05) is 24.3 Å². The number of nitrogens with one attached hydrogen (secondary N) is 1. The lowest BCUT2D eigenvalue weighted by molar-refractivity contribution is -0.148. The SMILES string of the molecule is O=C(O)CC1CN(C(=O)CC(NC(=O)OCC2c3ccccc3-c3ccccc32)C2CC2)CCO1. The minimum absolute atomic E-state index is 0.0197. The third-order valence-electron chi connectivity index (χ3n) is 7.13. The van der Waals surface area contributed by atoms with Crippen LogP contribution in [-0.4, -0.2) is 66.4 Å². The summed E-state index contributed by atoms with van der Waals surface area (Å²) in [5, 5.41) is 11.9. The van der Waals surface area contributed by atoms with E-state index in [-0.39, 0.29) is 49.8 Å². The first-order chi connectivity index (χ1) is 17.0. The van der Waals surface area contributed by atoms with Gasteiger partial charge in [-0.05, 0) is 41.0 Å². The van der Waals surface area contributed by atoms with Crippen LogP contribution in [0.25, 0.3) is 11.1 Å². The van der Waals surface area contributed by atoms with Gasteiger partial charge in [0.25, 0.3) is 0 Å². The third-order valence-corrected chi connectivity index (χ3v) is 7.13.